The van der Waals surface area contributed by atoms with Gasteiger partial charge in [-0.1, -0.05) is 242 Å². The zero-order valence-corrected chi connectivity index (χ0v) is 33.4. The van der Waals surface area contributed by atoms with Crippen LogP contribution in [-0.2, 0) is 0 Å². The van der Waals surface area contributed by atoms with Crippen LogP contribution in [0.2, 0.25) is 0 Å². The second kappa shape index (κ2) is 29.6. The van der Waals surface area contributed by atoms with Crippen molar-refractivity contribution in [3.05, 3.63) is 42.5 Å². The molecule has 0 saturated carbocycles. The summed E-state index contributed by atoms with van der Waals surface area (Å²) in [7, 11) is 0. The summed E-state index contributed by atoms with van der Waals surface area (Å²) >= 11 is 5.33. The standard InChI is InChI=1S/C46H77N3S/c1-2-3-4-5-6-7-8-9-10-11-12-13-14-15-16-17-18-19-20-21-22-23-24-25-26-27-28-29-30-31-32-37-45-47-48-46(41-50)49(45)44-39-38-42-35-33-34-36-43(42)40-44/h33-36,38-41,46,48H,2-32,37H2,1H3. The molecule has 1 aliphatic rings. The molecule has 1 heterocycles. The van der Waals surface area contributed by atoms with E-state index in [-0.39, 0.29) is 6.17 Å². The first-order valence-electron chi connectivity index (χ1n) is 21.9. The topological polar surface area (TPSA) is 27.6 Å². The average Bonchev–Trinajstić information content (AvgIpc) is 3.56. The molecule has 1 unspecified atom stereocenters. The lowest BCUT2D eigenvalue weighted by atomic mass is 10.0. The third kappa shape index (κ3) is 19.1. The Morgan fingerprint density at radius 2 is 0.900 bits per heavy atom. The molecule has 2 aromatic rings. The fourth-order valence-corrected chi connectivity index (χ4v) is 7.98. The van der Waals surface area contributed by atoms with E-state index in [9.17, 15) is 0 Å². The number of nitrogens with zero attached hydrogens (tertiary/aromatic N) is 2. The van der Waals surface area contributed by atoms with Gasteiger partial charge in [0.2, 0.25) is 0 Å². The van der Waals surface area contributed by atoms with E-state index in [1.807, 2.05) is 0 Å². The molecule has 1 N–H and O–H groups in total. The van der Waals surface area contributed by atoms with Crippen LogP contribution in [0.25, 0.3) is 10.8 Å². The van der Waals surface area contributed by atoms with Crippen molar-refractivity contribution in [2.24, 2.45) is 5.10 Å². The number of nitrogens with one attached hydrogen (secondary N) is 1. The number of benzene rings is 2. The largest absolute Gasteiger partial charge is 0.302 e. The highest BCUT2D eigenvalue weighted by Gasteiger charge is 2.27. The van der Waals surface area contributed by atoms with E-state index in [0.717, 1.165) is 12.3 Å². The molecule has 3 nitrogen and oxygen atoms in total. The van der Waals surface area contributed by atoms with Crippen LogP contribution in [0.4, 0.5) is 5.69 Å². The molecular formula is C46H77N3S. The summed E-state index contributed by atoms with van der Waals surface area (Å²) in [6.07, 6.45) is 45.6. The van der Waals surface area contributed by atoms with Crippen molar-refractivity contribution >= 4 is 39.9 Å². The molecule has 1 aliphatic heterocycles. The Morgan fingerprint density at radius 1 is 0.520 bits per heavy atom. The fourth-order valence-electron chi connectivity index (χ4n) is 7.80. The maximum absolute atomic E-state index is 5.33. The highest BCUT2D eigenvalue weighted by molar-refractivity contribution is 7.79. The summed E-state index contributed by atoms with van der Waals surface area (Å²) in [6.45, 7) is 2.31. The van der Waals surface area contributed by atoms with Gasteiger partial charge in [-0.25, -0.2) is 0 Å². The molecule has 2 aromatic carbocycles. The highest BCUT2D eigenvalue weighted by Crippen LogP contribution is 2.27. The third-order valence-electron chi connectivity index (χ3n) is 11.0. The monoisotopic (exact) mass is 704 g/mol. The molecule has 0 spiro atoms. The lowest BCUT2D eigenvalue weighted by Crippen LogP contribution is -2.41. The molecule has 50 heavy (non-hydrogen) atoms. The van der Waals surface area contributed by atoms with E-state index >= 15 is 0 Å². The number of rotatable bonds is 34. The van der Waals surface area contributed by atoms with Gasteiger partial charge in [-0.05, 0) is 29.3 Å². The van der Waals surface area contributed by atoms with Gasteiger partial charge in [0.1, 0.15) is 12.0 Å². The third-order valence-corrected chi connectivity index (χ3v) is 11.3. The van der Waals surface area contributed by atoms with E-state index in [1.165, 1.54) is 216 Å². The van der Waals surface area contributed by atoms with Gasteiger partial charge in [-0.2, -0.15) is 5.10 Å². The Kier molecular flexibility index (Phi) is 25.2. The minimum absolute atomic E-state index is 0.0420. The maximum Gasteiger partial charge on any atom is 0.150 e. The highest BCUT2D eigenvalue weighted by atomic mass is 32.1. The van der Waals surface area contributed by atoms with Crippen molar-refractivity contribution in [1.82, 2.24) is 5.43 Å². The van der Waals surface area contributed by atoms with Crippen LogP contribution in [0.3, 0.4) is 0 Å². The zero-order chi connectivity index (χ0) is 35.2. The molecule has 4 heteroatoms. The number of thiocarbonyl (C=S) groups is 1. The van der Waals surface area contributed by atoms with Gasteiger partial charge in [-0.3, -0.25) is 5.43 Å². The molecule has 282 valence electrons. The smallest absolute Gasteiger partial charge is 0.150 e. The molecule has 0 aliphatic carbocycles. The zero-order valence-electron chi connectivity index (χ0n) is 32.6. The van der Waals surface area contributed by atoms with Crippen molar-refractivity contribution < 1.29 is 0 Å². The number of amidine groups is 1. The molecule has 0 aromatic heterocycles. The molecule has 0 saturated heterocycles. The van der Waals surface area contributed by atoms with Crippen LogP contribution in [-0.4, -0.2) is 17.4 Å². The molecule has 1 atom stereocenters. The fraction of sp³-hybridized carbons (Fsp3) is 0.739. The second-order valence-electron chi connectivity index (χ2n) is 15.5. The minimum atomic E-state index is -0.0420. The molecule has 0 fully saturated rings. The van der Waals surface area contributed by atoms with Gasteiger partial charge >= 0.3 is 0 Å². The van der Waals surface area contributed by atoms with Gasteiger partial charge in [0.15, 0.2) is 0 Å². The van der Waals surface area contributed by atoms with Gasteiger partial charge < -0.3 is 4.90 Å². The molecule has 0 amide bonds. The Balaban J connectivity index is 1.01. The Hall–Kier alpha value is -1.94. The predicted molar refractivity (Wildman–Crippen MR) is 228 cm³/mol. The van der Waals surface area contributed by atoms with E-state index in [1.54, 1.807) is 5.37 Å². The molecular weight excluding hydrogens is 627 g/mol. The van der Waals surface area contributed by atoms with Crippen LogP contribution in [0.1, 0.15) is 212 Å². The normalized spacial score (nSPS) is 14.4. The van der Waals surface area contributed by atoms with Gasteiger partial charge in [-0.15, -0.1) is 0 Å². The van der Waals surface area contributed by atoms with Crippen LogP contribution >= 0.6 is 12.2 Å². The number of hydrazone groups is 1. The van der Waals surface area contributed by atoms with Crippen molar-refractivity contribution in [2.75, 3.05) is 4.90 Å². The first-order valence-corrected chi connectivity index (χ1v) is 22.4. The number of unbranched alkanes of at least 4 members (excludes halogenated alkanes) is 30. The van der Waals surface area contributed by atoms with Gasteiger partial charge in [0.05, 0.1) is 0 Å². The lowest BCUT2D eigenvalue weighted by molar-refractivity contribution is 0.512. The number of hydrogen-bond acceptors (Lipinski definition) is 4. The summed E-state index contributed by atoms with van der Waals surface area (Å²) < 4.78 is 0. The summed E-state index contributed by atoms with van der Waals surface area (Å²) in [6, 6.07) is 15.2. The van der Waals surface area contributed by atoms with Crippen LogP contribution in [0, 0.1) is 0 Å². The molecule has 0 radical (unpaired) electrons. The van der Waals surface area contributed by atoms with Crippen molar-refractivity contribution in [1.29, 1.82) is 0 Å². The SMILES string of the molecule is CCCCCCCCCCCCCCCCCCCCCCCCCCCCCCCCCC1=NNC(C=S)N1c1ccc2ccccc2c1. The predicted octanol–water partition coefficient (Wildman–Crippen LogP) is 15.4. The lowest BCUT2D eigenvalue weighted by Gasteiger charge is -2.25. The summed E-state index contributed by atoms with van der Waals surface area (Å²) in [5.41, 5.74) is 4.40. The van der Waals surface area contributed by atoms with Gasteiger partial charge in [0.25, 0.3) is 0 Å². The Labute approximate surface area is 315 Å². The van der Waals surface area contributed by atoms with Crippen molar-refractivity contribution in [2.45, 2.75) is 219 Å². The van der Waals surface area contributed by atoms with Crippen LogP contribution < -0.4 is 10.3 Å². The summed E-state index contributed by atoms with van der Waals surface area (Å²) in [4.78, 5) is 2.28. The number of fused-ring (bicyclic) bond motifs is 1. The Morgan fingerprint density at radius 3 is 1.30 bits per heavy atom. The van der Waals surface area contributed by atoms with E-state index < -0.39 is 0 Å². The average molecular weight is 704 g/mol. The van der Waals surface area contributed by atoms with E-state index in [2.05, 4.69) is 64.8 Å². The van der Waals surface area contributed by atoms with E-state index in [4.69, 9.17) is 12.2 Å². The van der Waals surface area contributed by atoms with Crippen molar-refractivity contribution in [3.8, 4) is 0 Å². The second-order valence-corrected chi connectivity index (χ2v) is 15.8. The summed E-state index contributed by atoms with van der Waals surface area (Å²) in [5.74, 6) is 1.11. The maximum atomic E-state index is 5.33. The minimum Gasteiger partial charge on any atom is -0.302 e. The molecule has 0 bridgehead atoms. The van der Waals surface area contributed by atoms with E-state index in [0.29, 0.717) is 0 Å². The first-order chi connectivity index (χ1) is 24.8. The van der Waals surface area contributed by atoms with Crippen LogP contribution in [0.15, 0.2) is 47.6 Å². The number of anilines is 1. The quantitative estimate of drug-likeness (QED) is 0.0581. The summed E-state index contributed by atoms with van der Waals surface area (Å²) in [5, 5.41) is 8.97. The van der Waals surface area contributed by atoms with Crippen LogP contribution in [0.5, 0.6) is 0 Å². The molecule has 3 rings (SSSR count). The Bertz CT molecular complexity index is 1130. The van der Waals surface area contributed by atoms with Crippen molar-refractivity contribution in [3.63, 3.8) is 0 Å². The van der Waals surface area contributed by atoms with Gasteiger partial charge in [0, 0.05) is 17.5 Å². The number of hydrogen-bond donors (Lipinski definition) is 1. The first kappa shape index (κ1) is 42.5.